The van der Waals surface area contributed by atoms with Gasteiger partial charge in [0.25, 0.3) is 0 Å². The van der Waals surface area contributed by atoms with Crippen molar-refractivity contribution < 1.29 is 9.59 Å². The van der Waals surface area contributed by atoms with Crippen molar-refractivity contribution in [3.8, 4) is 0 Å². The second-order valence-corrected chi connectivity index (χ2v) is 7.51. The molecule has 1 aliphatic carbocycles. The minimum atomic E-state index is -0.0878. The van der Waals surface area contributed by atoms with Crippen molar-refractivity contribution in [1.29, 1.82) is 0 Å². The van der Waals surface area contributed by atoms with Gasteiger partial charge in [-0.25, -0.2) is 4.98 Å². The monoisotopic (exact) mass is 364 g/mol. The fraction of sp³-hybridized carbons (Fsp3) is 0.611. The number of piperidine rings is 1. The molecule has 1 aromatic heterocycles. The molecule has 7 heteroatoms. The molecule has 1 saturated heterocycles. The summed E-state index contributed by atoms with van der Waals surface area (Å²) in [7, 11) is 0. The van der Waals surface area contributed by atoms with Crippen LogP contribution >= 0.6 is 11.6 Å². The van der Waals surface area contributed by atoms with Gasteiger partial charge >= 0.3 is 0 Å². The average Bonchev–Trinajstić information content (AvgIpc) is 2.63. The first-order valence-electron chi connectivity index (χ1n) is 8.99. The molecule has 1 aromatic rings. The molecule has 3 rings (SSSR count). The van der Waals surface area contributed by atoms with Gasteiger partial charge in [0.2, 0.25) is 11.8 Å². The molecule has 25 heavy (non-hydrogen) atoms. The maximum Gasteiger partial charge on any atom is 0.228 e. The van der Waals surface area contributed by atoms with Crippen LogP contribution in [0.2, 0.25) is 5.02 Å². The Hall–Kier alpha value is -1.66. The maximum absolute atomic E-state index is 12.6. The van der Waals surface area contributed by atoms with Gasteiger partial charge in [0.05, 0.1) is 5.02 Å². The number of likely N-dealkylation sites (tertiary alicyclic amines) is 1. The summed E-state index contributed by atoms with van der Waals surface area (Å²) in [6.45, 7) is 1.27. The van der Waals surface area contributed by atoms with Gasteiger partial charge in [-0.05, 0) is 44.2 Å². The number of rotatable bonds is 3. The molecular weight excluding hydrogens is 340 g/mol. The van der Waals surface area contributed by atoms with E-state index < -0.39 is 0 Å². The first-order chi connectivity index (χ1) is 12.0. The van der Waals surface area contributed by atoms with E-state index in [-0.39, 0.29) is 29.7 Å². The van der Waals surface area contributed by atoms with Gasteiger partial charge in [-0.3, -0.25) is 9.59 Å². The van der Waals surface area contributed by atoms with Crippen LogP contribution in [0.5, 0.6) is 0 Å². The number of hydrogen-bond donors (Lipinski definition) is 2. The maximum atomic E-state index is 12.6. The smallest absolute Gasteiger partial charge is 0.228 e. The summed E-state index contributed by atoms with van der Waals surface area (Å²) in [6, 6.07) is 3.53. The molecular formula is C18H25ClN4O2. The van der Waals surface area contributed by atoms with Crippen molar-refractivity contribution >= 4 is 29.2 Å². The molecule has 2 unspecified atom stereocenters. The molecule has 3 N–H and O–H groups in total. The quantitative estimate of drug-likeness (QED) is 0.862. The highest BCUT2D eigenvalue weighted by atomic mass is 35.5. The van der Waals surface area contributed by atoms with E-state index in [1.165, 1.54) is 6.20 Å². The average molecular weight is 365 g/mol. The summed E-state index contributed by atoms with van der Waals surface area (Å²) in [6.07, 6.45) is 6.66. The Morgan fingerprint density at radius 1 is 1.16 bits per heavy atom. The van der Waals surface area contributed by atoms with E-state index in [9.17, 15) is 9.59 Å². The zero-order chi connectivity index (χ0) is 17.8. The molecule has 2 atom stereocenters. The van der Waals surface area contributed by atoms with Gasteiger partial charge in [-0.1, -0.05) is 18.0 Å². The summed E-state index contributed by atoms with van der Waals surface area (Å²) in [5, 5.41) is 3.36. The number of nitrogens with zero attached hydrogens (tertiary/aromatic N) is 2. The molecule has 136 valence electrons. The lowest BCUT2D eigenvalue weighted by atomic mass is 9.84. The third-order valence-electron chi connectivity index (χ3n) is 5.22. The first kappa shape index (κ1) is 18.1. The van der Waals surface area contributed by atoms with Crippen LogP contribution in [0.1, 0.15) is 38.5 Å². The molecule has 0 spiro atoms. The third kappa shape index (κ3) is 4.70. The van der Waals surface area contributed by atoms with E-state index in [4.69, 9.17) is 17.3 Å². The summed E-state index contributed by atoms with van der Waals surface area (Å²) in [5.74, 6) is 0.654. The molecule has 2 amide bonds. The van der Waals surface area contributed by atoms with Crippen molar-refractivity contribution in [2.24, 2.45) is 17.6 Å². The summed E-state index contributed by atoms with van der Waals surface area (Å²) >= 11 is 5.80. The van der Waals surface area contributed by atoms with Crippen LogP contribution in [-0.2, 0) is 9.59 Å². The number of nitrogens with two attached hydrogens (primary N) is 1. The van der Waals surface area contributed by atoms with E-state index in [0.717, 1.165) is 25.7 Å². The lowest BCUT2D eigenvalue weighted by Crippen LogP contribution is -2.45. The van der Waals surface area contributed by atoms with Gasteiger partial charge in [0.15, 0.2) is 0 Å². The highest BCUT2D eigenvalue weighted by Crippen LogP contribution is 2.27. The van der Waals surface area contributed by atoms with E-state index >= 15 is 0 Å². The number of carbonyl (C=O) groups is 2. The lowest BCUT2D eigenvalue weighted by Gasteiger charge is -2.35. The molecule has 0 radical (unpaired) electrons. The van der Waals surface area contributed by atoms with E-state index in [1.54, 1.807) is 12.1 Å². The van der Waals surface area contributed by atoms with Crippen LogP contribution in [-0.4, -0.2) is 40.8 Å². The molecule has 6 nitrogen and oxygen atoms in total. The number of halogens is 1. The van der Waals surface area contributed by atoms with Crippen LogP contribution in [0.15, 0.2) is 18.3 Å². The van der Waals surface area contributed by atoms with Crippen molar-refractivity contribution in [2.45, 2.75) is 44.6 Å². The Labute approximate surface area is 153 Å². The first-order valence-corrected chi connectivity index (χ1v) is 9.37. The van der Waals surface area contributed by atoms with Gasteiger partial charge in [-0.15, -0.1) is 0 Å². The van der Waals surface area contributed by atoms with Crippen LogP contribution in [0.4, 0.5) is 5.82 Å². The minimum absolute atomic E-state index is 0.0402. The van der Waals surface area contributed by atoms with Crippen LogP contribution in [0, 0.1) is 11.8 Å². The zero-order valence-electron chi connectivity index (χ0n) is 14.3. The second-order valence-electron chi connectivity index (χ2n) is 7.07. The zero-order valence-corrected chi connectivity index (χ0v) is 15.0. The molecule has 2 aliphatic rings. The van der Waals surface area contributed by atoms with Crippen LogP contribution in [0.3, 0.4) is 0 Å². The number of anilines is 1. The Balaban J connectivity index is 1.48. The highest BCUT2D eigenvalue weighted by molar-refractivity contribution is 6.30. The number of carbonyl (C=O) groups excluding carboxylic acids is 2. The molecule has 2 heterocycles. The van der Waals surface area contributed by atoms with Gasteiger partial charge < -0.3 is 16.0 Å². The number of aromatic nitrogens is 1. The minimum Gasteiger partial charge on any atom is -0.342 e. The van der Waals surface area contributed by atoms with Gasteiger partial charge in [0.1, 0.15) is 5.82 Å². The van der Waals surface area contributed by atoms with E-state index in [0.29, 0.717) is 36.8 Å². The van der Waals surface area contributed by atoms with E-state index in [1.807, 2.05) is 4.90 Å². The topological polar surface area (TPSA) is 88.3 Å². The summed E-state index contributed by atoms with van der Waals surface area (Å²) in [4.78, 5) is 31.0. The fourth-order valence-electron chi connectivity index (χ4n) is 3.75. The third-order valence-corrected chi connectivity index (χ3v) is 5.44. The lowest BCUT2D eigenvalue weighted by molar-refractivity contribution is -0.139. The van der Waals surface area contributed by atoms with Crippen LogP contribution < -0.4 is 11.1 Å². The Bertz CT molecular complexity index is 614. The van der Waals surface area contributed by atoms with Crippen molar-refractivity contribution in [3.05, 3.63) is 23.4 Å². The Morgan fingerprint density at radius 3 is 2.56 bits per heavy atom. The predicted octanol–water partition coefficient (Wildman–Crippen LogP) is 2.43. The standard InChI is InChI=1S/C18H25ClN4O2/c19-14-4-5-16(21-11-14)22-17(24)12-6-8-23(9-7-12)18(25)13-2-1-3-15(20)10-13/h4-5,11-13,15H,1-3,6-10,20H2,(H,21,22,24). The summed E-state index contributed by atoms with van der Waals surface area (Å²) in [5.41, 5.74) is 6.00. The Kier molecular flexibility index (Phi) is 5.91. The number of nitrogens with one attached hydrogen (secondary N) is 1. The Morgan fingerprint density at radius 2 is 1.92 bits per heavy atom. The van der Waals surface area contributed by atoms with Crippen LogP contribution in [0.25, 0.3) is 0 Å². The van der Waals surface area contributed by atoms with Crippen molar-refractivity contribution in [3.63, 3.8) is 0 Å². The normalized spacial score (nSPS) is 24.8. The molecule has 1 saturated carbocycles. The number of hydrogen-bond acceptors (Lipinski definition) is 4. The second kappa shape index (κ2) is 8.15. The largest absolute Gasteiger partial charge is 0.342 e. The predicted molar refractivity (Wildman–Crippen MR) is 97.1 cm³/mol. The highest BCUT2D eigenvalue weighted by Gasteiger charge is 2.32. The number of pyridine rings is 1. The SMILES string of the molecule is NC1CCCC(C(=O)N2CCC(C(=O)Nc3ccc(Cl)cn3)CC2)C1. The van der Waals surface area contributed by atoms with Crippen molar-refractivity contribution in [1.82, 2.24) is 9.88 Å². The summed E-state index contributed by atoms with van der Waals surface area (Å²) < 4.78 is 0. The molecule has 0 aromatic carbocycles. The molecule has 2 fully saturated rings. The van der Waals surface area contributed by atoms with Gasteiger partial charge in [0, 0.05) is 37.2 Å². The molecule has 1 aliphatic heterocycles. The van der Waals surface area contributed by atoms with Gasteiger partial charge in [-0.2, -0.15) is 0 Å². The fourth-order valence-corrected chi connectivity index (χ4v) is 3.86. The number of amides is 2. The van der Waals surface area contributed by atoms with Crippen molar-refractivity contribution in [2.75, 3.05) is 18.4 Å². The molecule has 0 bridgehead atoms. The van der Waals surface area contributed by atoms with E-state index in [2.05, 4.69) is 10.3 Å².